The Kier molecular flexibility index (Phi) is 8.02. The highest BCUT2D eigenvalue weighted by atomic mass is 35.5. The van der Waals surface area contributed by atoms with Crippen LogP contribution in [-0.4, -0.2) is 60.4 Å². The van der Waals surface area contributed by atoms with Gasteiger partial charge in [-0.3, -0.25) is 9.48 Å². The maximum Gasteiger partial charge on any atom is 0.436 e. The van der Waals surface area contributed by atoms with E-state index in [9.17, 15) is 18.0 Å². The van der Waals surface area contributed by atoms with Gasteiger partial charge >= 0.3 is 6.18 Å². The number of nitrogens with zero attached hydrogens (tertiary/aromatic N) is 4. The molecule has 1 saturated heterocycles. The lowest BCUT2D eigenvalue weighted by molar-refractivity contribution is -0.142. The number of methoxy groups -OCH3 is 1. The summed E-state index contributed by atoms with van der Waals surface area (Å²) in [6.45, 7) is 6.52. The lowest BCUT2D eigenvalue weighted by Gasteiger charge is -2.37. The van der Waals surface area contributed by atoms with Crippen LogP contribution < -0.4 is 15.0 Å². The number of hydrogen-bond acceptors (Lipinski definition) is 5. The number of benzene rings is 1. The average molecular weight is 508 g/mol. The van der Waals surface area contributed by atoms with Crippen LogP contribution >= 0.6 is 23.2 Å². The highest BCUT2D eigenvalue weighted by Crippen LogP contribution is 2.36. The minimum Gasteiger partial charge on any atom is -0.495 e. The van der Waals surface area contributed by atoms with Crippen molar-refractivity contribution < 1.29 is 22.7 Å². The Morgan fingerprint density at radius 3 is 2.42 bits per heavy atom. The molecular formula is C21H26Cl2F3N5O2. The number of carbonyl (C=O) groups is 1. The van der Waals surface area contributed by atoms with Crippen molar-refractivity contribution in [1.29, 1.82) is 0 Å². The van der Waals surface area contributed by atoms with E-state index in [2.05, 4.69) is 15.3 Å². The second-order valence-corrected chi connectivity index (χ2v) is 8.45. The molecule has 2 aromatic rings. The fourth-order valence-corrected chi connectivity index (χ4v) is 4.23. The minimum absolute atomic E-state index is 0.109. The van der Waals surface area contributed by atoms with Crippen molar-refractivity contribution in [2.24, 2.45) is 0 Å². The Labute approximate surface area is 200 Å². The van der Waals surface area contributed by atoms with Crippen LogP contribution in [0.4, 0.5) is 18.9 Å². The van der Waals surface area contributed by atoms with Crippen molar-refractivity contribution in [3.05, 3.63) is 39.1 Å². The molecule has 1 aromatic heterocycles. The van der Waals surface area contributed by atoms with Crippen LogP contribution in [0, 0.1) is 6.92 Å². The van der Waals surface area contributed by atoms with Crippen LogP contribution in [-0.2, 0) is 24.1 Å². The van der Waals surface area contributed by atoms with Gasteiger partial charge in [-0.05, 0) is 25.1 Å². The number of carbonyl (C=O) groups excluding carboxylic acids is 1. The Morgan fingerprint density at radius 1 is 1.21 bits per heavy atom. The number of alkyl halides is 3. The van der Waals surface area contributed by atoms with Crippen molar-refractivity contribution >= 4 is 34.8 Å². The van der Waals surface area contributed by atoms with E-state index >= 15 is 0 Å². The fourth-order valence-electron chi connectivity index (χ4n) is 3.72. The number of halogens is 5. The van der Waals surface area contributed by atoms with E-state index in [4.69, 9.17) is 27.9 Å². The van der Waals surface area contributed by atoms with Crippen LogP contribution in [0.1, 0.15) is 23.9 Å². The molecular weight excluding hydrogens is 482 g/mol. The molecule has 1 aliphatic rings. The van der Waals surface area contributed by atoms with Crippen molar-refractivity contribution in [2.45, 2.75) is 33.1 Å². The van der Waals surface area contributed by atoms with Crippen LogP contribution in [0.2, 0.25) is 10.0 Å². The number of anilines is 1. The van der Waals surface area contributed by atoms with E-state index in [-0.39, 0.29) is 18.1 Å². The first kappa shape index (κ1) is 25.5. The number of nitrogens with one attached hydrogen (secondary N) is 1. The summed E-state index contributed by atoms with van der Waals surface area (Å²) in [5, 5.41) is 6.85. The van der Waals surface area contributed by atoms with Crippen LogP contribution in [0.25, 0.3) is 0 Å². The van der Waals surface area contributed by atoms with Gasteiger partial charge in [0.2, 0.25) is 5.91 Å². The standard InChI is InChI=1S/C21H26Cl2F3N5O2/c1-4-27-11-14-9-15(22)17(33-3)10-16(14)29-5-7-30(8-6-29)18(32)12-31-13(2)19(23)20(28-31)21(24,25)26/h9-10,27H,4-8,11-12H2,1-3H3. The molecule has 182 valence electrons. The Hall–Kier alpha value is -2.17. The molecule has 0 atom stereocenters. The van der Waals surface area contributed by atoms with Crippen molar-refractivity contribution in [1.82, 2.24) is 20.0 Å². The van der Waals surface area contributed by atoms with Crippen LogP contribution in [0.5, 0.6) is 5.75 Å². The van der Waals surface area contributed by atoms with E-state index in [1.165, 1.54) is 6.92 Å². The topological polar surface area (TPSA) is 62.6 Å². The van der Waals surface area contributed by atoms with Gasteiger partial charge in [-0.25, -0.2) is 0 Å². The summed E-state index contributed by atoms with van der Waals surface area (Å²) < 4.78 is 45.5. The number of ether oxygens (including phenoxy) is 1. The zero-order chi connectivity index (χ0) is 24.3. The number of rotatable bonds is 7. The smallest absolute Gasteiger partial charge is 0.436 e. The largest absolute Gasteiger partial charge is 0.495 e. The normalized spacial score (nSPS) is 14.7. The van der Waals surface area contributed by atoms with Crippen LogP contribution in [0.15, 0.2) is 12.1 Å². The van der Waals surface area contributed by atoms with E-state index in [0.717, 1.165) is 22.5 Å². The Bertz CT molecular complexity index is 1000. The second-order valence-electron chi connectivity index (χ2n) is 7.67. The molecule has 3 rings (SSSR count). The summed E-state index contributed by atoms with van der Waals surface area (Å²) in [7, 11) is 1.55. The van der Waals surface area contributed by atoms with Gasteiger partial charge in [0.1, 0.15) is 12.3 Å². The van der Waals surface area contributed by atoms with E-state index in [1.807, 2.05) is 19.1 Å². The number of hydrogen-bond donors (Lipinski definition) is 1. The molecule has 33 heavy (non-hydrogen) atoms. The Morgan fingerprint density at radius 2 is 1.88 bits per heavy atom. The number of piperazine rings is 1. The maximum atomic E-state index is 13.0. The quantitative estimate of drug-likeness (QED) is 0.613. The van der Waals surface area contributed by atoms with E-state index in [1.54, 1.807) is 12.0 Å². The predicted molar refractivity (Wildman–Crippen MR) is 121 cm³/mol. The highest BCUT2D eigenvalue weighted by molar-refractivity contribution is 6.32. The minimum atomic E-state index is -4.67. The Balaban J connectivity index is 1.70. The summed E-state index contributed by atoms with van der Waals surface area (Å²) in [5.74, 6) is 0.254. The molecule has 2 heterocycles. The molecule has 1 N–H and O–H groups in total. The fraction of sp³-hybridized carbons (Fsp3) is 0.524. The third kappa shape index (κ3) is 5.67. The lowest BCUT2D eigenvalue weighted by atomic mass is 10.1. The summed E-state index contributed by atoms with van der Waals surface area (Å²) in [5.41, 5.74) is 0.916. The van der Waals surface area contributed by atoms with E-state index < -0.39 is 16.9 Å². The SMILES string of the molecule is CCNCc1cc(Cl)c(OC)cc1N1CCN(C(=O)Cn2nc(C(F)(F)F)c(Cl)c2C)CC1. The third-order valence-electron chi connectivity index (χ3n) is 5.58. The molecule has 0 aliphatic carbocycles. The molecule has 1 amide bonds. The molecule has 1 aliphatic heterocycles. The molecule has 0 saturated carbocycles. The van der Waals surface area contributed by atoms with Crippen molar-refractivity contribution in [3.63, 3.8) is 0 Å². The summed E-state index contributed by atoms with van der Waals surface area (Å²) in [4.78, 5) is 16.5. The zero-order valence-electron chi connectivity index (χ0n) is 18.6. The molecule has 0 bridgehead atoms. The molecule has 0 spiro atoms. The van der Waals surface area contributed by atoms with Gasteiger partial charge in [0.25, 0.3) is 0 Å². The highest BCUT2D eigenvalue weighted by Gasteiger charge is 2.38. The molecule has 0 radical (unpaired) electrons. The lowest BCUT2D eigenvalue weighted by Crippen LogP contribution is -2.50. The first-order chi connectivity index (χ1) is 15.6. The summed E-state index contributed by atoms with van der Waals surface area (Å²) >= 11 is 12.1. The summed E-state index contributed by atoms with van der Waals surface area (Å²) in [6, 6.07) is 3.76. The van der Waals surface area contributed by atoms with Gasteiger partial charge in [0, 0.05) is 44.5 Å². The molecule has 7 nitrogen and oxygen atoms in total. The summed E-state index contributed by atoms with van der Waals surface area (Å²) in [6.07, 6.45) is -4.67. The third-order valence-corrected chi connectivity index (χ3v) is 6.33. The molecule has 12 heteroatoms. The first-order valence-corrected chi connectivity index (χ1v) is 11.2. The monoisotopic (exact) mass is 507 g/mol. The van der Waals surface area contributed by atoms with Gasteiger partial charge < -0.3 is 19.9 Å². The second kappa shape index (κ2) is 10.4. The molecule has 0 unspecified atom stereocenters. The van der Waals surface area contributed by atoms with Crippen molar-refractivity contribution in [2.75, 3.05) is 44.7 Å². The van der Waals surface area contributed by atoms with Gasteiger partial charge in [-0.2, -0.15) is 18.3 Å². The van der Waals surface area contributed by atoms with E-state index in [0.29, 0.717) is 43.5 Å². The first-order valence-electron chi connectivity index (χ1n) is 10.5. The maximum absolute atomic E-state index is 13.0. The van der Waals surface area contributed by atoms with Gasteiger partial charge in [-0.1, -0.05) is 30.1 Å². The van der Waals surface area contributed by atoms with Crippen LogP contribution in [0.3, 0.4) is 0 Å². The van der Waals surface area contributed by atoms with Gasteiger partial charge in [-0.15, -0.1) is 0 Å². The number of amides is 1. The molecule has 1 fully saturated rings. The van der Waals surface area contributed by atoms with Gasteiger partial charge in [0.15, 0.2) is 5.69 Å². The zero-order valence-corrected chi connectivity index (χ0v) is 20.1. The predicted octanol–water partition coefficient (Wildman–Crippen LogP) is 3.98. The van der Waals surface area contributed by atoms with Gasteiger partial charge in [0.05, 0.1) is 22.8 Å². The molecule has 1 aromatic carbocycles. The van der Waals surface area contributed by atoms with Crippen molar-refractivity contribution in [3.8, 4) is 5.75 Å². The number of aromatic nitrogens is 2. The average Bonchev–Trinajstić information content (AvgIpc) is 3.06.